The summed E-state index contributed by atoms with van der Waals surface area (Å²) in [5.74, 6) is 0.113. The smallest absolute Gasteiger partial charge is 0.225 e. The predicted octanol–water partition coefficient (Wildman–Crippen LogP) is 3.68. The summed E-state index contributed by atoms with van der Waals surface area (Å²) in [5, 5.41) is 11.0. The van der Waals surface area contributed by atoms with E-state index in [1.807, 2.05) is 0 Å². The number of thiophene rings is 1. The molecule has 1 aliphatic rings. The van der Waals surface area contributed by atoms with E-state index in [-0.39, 0.29) is 11.3 Å². The number of anilines is 1. The van der Waals surface area contributed by atoms with E-state index in [1.54, 1.807) is 11.3 Å². The molecule has 0 amide bonds. The Morgan fingerprint density at radius 2 is 1.85 bits per heavy atom. The second-order valence-electron chi connectivity index (χ2n) is 6.45. The van der Waals surface area contributed by atoms with Gasteiger partial charge in [0.15, 0.2) is 0 Å². The van der Waals surface area contributed by atoms with Crippen LogP contribution in [-0.2, 0) is 5.41 Å². The summed E-state index contributed by atoms with van der Waals surface area (Å²) < 4.78 is 0. The van der Waals surface area contributed by atoms with E-state index in [1.165, 1.54) is 30.5 Å². The van der Waals surface area contributed by atoms with Crippen molar-refractivity contribution in [1.29, 1.82) is 0 Å². The van der Waals surface area contributed by atoms with Crippen LogP contribution in [-0.4, -0.2) is 28.2 Å². The van der Waals surface area contributed by atoms with Gasteiger partial charge in [-0.25, -0.2) is 9.97 Å². The second kappa shape index (κ2) is 4.88. The first-order chi connectivity index (χ1) is 9.48. The number of rotatable bonds is 1. The largest absolute Gasteiger partial charge is 0.493 e. The van der Waals surface area contributed by atoms with Gasteiger partial charge in [-0.1, -0.05) is 20.8 Å². The summed E-state index contributed by atoms with van der Waals surface area (Å²) >= 11 is 1.69. The molecule has 1 fully saturated rings. The molecule has 1 aliphatic heterocycles. The van der Waals surface area contributed by atoms with Crippen molar-refractivity contribution < 1.29 is 5.11 Å². The molecule has 2 aromatic rings. The summed E-state index contributed by atoms with van der Waals surface area (Å²) in [6.45, 7) is 8.77. The van der Waals surface area contributed by atoms with Crippen molar-refractivity contribution in [2.45, 2.75) is 45.4 Å². The molecule has 0 bridgehead atoms. The van der Waals surface area contributed by atoms with E-state index in [2.05, 4.69) is 35.6 Å². The van der Waals surface area contributed by atoms with Gasteiger partial charge in [0.2, 0.25) is 5.88 Å². The van der Waals surface area contributed by atoms with Crippen molar-refractivity contribution >= 4 is 27.2 Å². The first-order valence-electron chi connectivity index (χ1n) is 7.20. The topological polar surface area (TPSA) is 49.3 Å². The van der Waals surface area contributed by atoms with Crippen LogP contribution in [0.25, 0.3) is 10.2 Å². The molecule has 3 rings (SSSR count). The Kier molecular flexibility index (Phi) is 3.32. The van der Waals surface area contributed by atoms with Crippen molar-refractivity contribution in [2.75, 3.05) is 18.0 Å². The quantitative estimate of drug-likeness (QED) is 0.870. The van der Waals surface area contributed by atoms with Gasteiger partial charge in [0, 0.05) is 18.0 Å². The van der Waals surface area contributed by atoms with Crippen molar-refractivity contribution in [1.82, 2.24) is 9.97 Å². The summed E-state index contributed by atoms with van der Waals surface area (Å²) in [5.41, 5.74) is 1.21. The number of piperidine rings is 1. The minimum atomic E-state index is 0.0462. The van der Waals surface area contributed by atoms with Crippen LogP contribution in [0.5, 0.6) is 5.88 Å². The molecule has 2 aromatic heterocycles. The SMILES string of the molecule is CC(C)(C)c1sc2ncnc(O)c2c1N1CCCCC1. The van der Waals surface area contributed by atoms with Gasteiger partial charge in [0.25, 0.3) is 0 Å². The highest BCUT2D eigenvalue weighted by molar-refractivity contribution is 7.19. The molecular formula is C15H21N3OS. The van der Waals surface area contributed by atoms with Crippen LogP contribution < -0.4 is 4.90 Å². The lowest BCUT2D eigenvalue weighted by molar-refractivity contribution is 0.459. The van der Waals surface area contributed by atoms with E-state index in [0.717, 1.165) is 29.0 Å². The average molecular weight is 291 g/mol. The molecule has 0 atom stereocenters. The Hall–Kier alpha value is -1.36. The third-order valence-corrected chi connectivity index (χ3v) is 5.31. The van der Waals surface area contributed by atoms with Gasteiger partial charge in [-0.15, -0.1) is 11.3 Å². The Morgan fingerprint density at radius 3 is 2.50 bits per heavy atom. The minimum Gasteiger partial charge on any atom is -0.493 e. The second-order valence-corrected chi connectivity index (χ2v) is 7.45. The molecular weight excluding hydrogens is 270 g/mol. The lowest BCUT2D eigenvalue weighted by Crippen LogP contribution is -2.31. The summed E-state index contributed by atoms with van der Waals surface area (Å²) in [7, 11) is 0. The molecule has 3 heterocycles. The summed E-state index contributed by atoms with van der Waals surface area (Å²) in [6.07, 6.45) is 5.18. The number of hydrogen-bond acceptors (Lipinski definition) is 5. The van der Waals surface area contributed by atoms with E-state index in [9.17, 15) is 5.11 Å². The van der Waals surface area contributed by atoms with E-state index < -0.39 is 0 Å². The Balaban J connectivity index is 2.24. The molecule has 1 N–H and O–H groups in total. The normalized spacial score (nSPS) is 16.9. The van der Waals surface area contributed by atoms with Gasteiger partial charge in [0.05, 0.1) is 11.1 Å². The molecule has 0 unspecified atom stereocenters. The fourth-order valence-corrected chi connectivity index (χ4v) is 4.05. The maximum Gasteiger partial charge on any atom is 0.225 e. The number of aromatic nitrogens is 2. The van der Waals surface area contributed by atoms with Gasteiger partial charge in [-0.05, 0) is 24.7 Å². The highest BCUT2D eigenvalue weighted by Gasteiger charge is 2.29. The Labute approximate surface area is 123 Å². The average Bonchev–Trinajstić information content (AvgIpc) is 2.80. The number of hydrogen-bond donors (Lipinski definition) is 1. The van der Waals surface area contributed by atoms with Crippen LogP contribution in [0.2, 0.25) is 0 Å². The predicted molar refractivity (Wildman–Crippen MR) is 83.8 cm³/mol. The number of fused-ring (bicyclic) bond motifs is 1. The van der Waals surface area contributed by atoms with Crippen molar-refractivity contribution in [2.24, 2.45) is 0 Å². The zero-order valence-corrected chi connectivity index (χ0v) is 13.1. The molecule has 0 spiro atoms. The fourth-order valence-electron chi connectivity index (χ4n) is 2.83. The molecule has 1 saturated heterocycles. The lowest BCUT2D eigenvalue weighted by atomic mass is 9.92. The number of nitrogens with zero attached hydrogens (tertiary/aromatic N) is 3. The maximum atomic E-state index is 10.2. The molecule has 0 aliphatic carbocycles. The van der Waals surface area contributed by atoms with E-state index in [0.29, 0.717) is 0 Å². The van der Waals surface area contributed by atoms with Crippen molar-refractivity contribution in [3.05, 3.63) is 11.2 Å². The third kappa shape index (κ3) is 2.24. The van der Waals surface area contributed by atoms with Gasteiger partial charge in [-0.2, -0.15) is 0 Å². The molecule has 5 heteroatoms. The number of aromatic hydroxyl groups is 1. The van der Waals surface area contributed by atoms with E-state index in [4.69, 9.17) is 0 Å². The van der Waals surface area contributed by atoms with Gasteiger partial charge < -0.3 is 10.0 Å². The van der Waals surface area contributed by atoms with Crippen LogP contribution >= 0.6 is 11.3 Å². The fraction of sp³-hybridized carbons (Fsp3) is 0.600. The maximum absolute atomic E-state index is 10.2. The van der Waals surface area contributed by atoms with Gasteiger partial charge in [-0.3, -0.25) is 0 Å². The Bertz CT molecular complexity index is 624. The zero-order chi connectivity index (χ0) is 14.3. The first-order valence-corrected chi connectivity index (χ1v) is 8.02. The monoisotopic (exact) mass is 291 g/mol. The van der Waals surface area contributed by atoms with Crippen LogP contribution in [0.1, 0.15) is 44.9 Å². The summed E-state index contributed by atoms with van der Waals surface area (Å²) in [4.78, 5) is 12.9. The molecule has 0 aromatic carbocycles. The van der Waals surface area contributed by atoms with Crippen LogP contribution in [0.4, 0.5) is 5.69 Å². The van der Waals surface area contributed by atoms with Gasteiger partial charge >= 0.3 is 0 Å². The molecule has 0 saturated carbocycles. The molecule has 4 nitrogen and oxygen atoms in total. The van der Waals surface area contributed by atoms with Crippen LogP contribution in [0.3, 0.4) is 0 Å². The standard InChI is InChI=1S/C15H21N3OS/c1-15(2,3)12-11(18-7-5-4-6-8-18)10-13(19)16-9-17-14(10)20-12/h9H,4-8H2,1-3H3,(H,16,17,19). The molecule has 20 heavy (non-hydrogen) atoms. The Morgan fingerprint density at radius 1 is 1.15 bits per heavy atom. The third-order valence-electron chi connectivity index (χ3n) is 3.80. The highest BCUT2D eigenvalue weighted by atomic mass is 32.1. The molecule has 108 valence electrons. The highest BCUT2D eigenvalue weighted by Crippen LogP contribution is 2.46. The zero-order valence-electron chi connectivity index (χ0n) is 12.3. The van der Waals surface area contributed by atoms with Crippen LogP contribution in [0, 0.1) is 0 Å². The van der Waals surface area contributed by atoms with Crippen molar-refractivity contribution in [3.8, 4) is 5.88 Å². The minimum absolute atomic E-state index is 0.0462. The van der Waals surface area contributed by atoms with E-state index >= 15 is 0 Å². The summed E-state index contributed by atoms with van der Waals surface area (Å²) in [6, 6.07) is 0. The van der Waals surface area contributed by atoms with Crippen molar-refractivity contribution in [3.63, 3.8) is 0 Å². The van der Waals surface area contributed by atoms with Crippen LogP contribution in [0.15, 0.2) is 6.33 Å². The lowest BCUT2D eigenvalue weighted by Gasteiger charge is -2.32. The first kappa shape index (κ1) is 13.6. The van der Waals surface area contributed by atoms with Gasteiger partial charge in [0.1, 0.15) is 11.2 Å². The molecule has 0 radical (unpaired) electrons.